The van der Waals surface area contributed by atoms with Crippen LogP contribution in [0.2, 0.25) is 0 Å². The Morgan fingerprint density at radius 3 is 2.63 bits per heavy atom. The lowest BCUT2D eigenvalue weighted by Gasteiger charge is -2.46. The number of rotatable bonds is 8. The zero-order valence-corrected chi connectivity index (χ0v) is 19.1. The molecule has 0 aromatic heterocycles. The summed E-state index contributed by atoms with van der Waals surface area (Å²) in [4.78, 5) is 31.8. The summed E-state index contributed by atoms with van der Waals surface area (Å²) in [6, 6.07) is -0.216. The number of likely N-dealkylation sites (tertiary alicyclic amines) is 2. The third kappa shape index (κ3) is 3.92. The van der Waals surface area contributed by atoms with Crippen LogP contribution in [-0.2, 0) is 9.59 Å². The van der Waals surface area contributed by atoms with E-state index in [1.165, 1.54) is 37.4 Å². The van der Waals surface area contributed by atoms with Crippen molar-refractivity contribution in [1.82, 2.24) is 14.7 Å². The number of fused-ring (bicyclic) bond motifs is 1. The molecule has 0 radical (unpaired) electrons. The molecule has 1 amide bonds. The van der Waals surface area contributed by atoms with Crippen molar-refractivity contribution in [2.75, 3.05) is 39.3 Å². The van der Waals surface area contributed by atoms with Gasteiger partial charge in [0.2, 0.25) is 5.91 Å². The number of hydrogen-bond donors (Lipinski definition) is 2. The normalized spacial score (nSPS) is 35.8. The van der Waals surface area contributed by atoms with E-state index in [9.17, 15) is 19.8 Å². The van der Waals surface area contributed by atoms with Crippen LogP contribution in [0.15, 0.2) is 10.6 Å². The molecular formula is C22H35N3O4S. The molecule has 168 valence electrons. The molecule has 0 aromatic carbocycles. The largest absolute Gasteiger partial charge is 0.477 e. The molecule has 3 fully saturated rings. The monoisotopic (exact) mass is 437 g/mol. The molecule has 8 heteroatoms. The van der Waals surface area contributed by atoms with Crippen molar-refractivity contribution < 1.29 is 19.8 Å². The van der Waals surface area contributed by atoms with E-state index < -0.39 is 18.0 Å². The van der Waals surface area contributed by atoms with Crippen LogP contribution < -0.4 is 0 Å². The molecule has 4 aliphatic heterocycles. The Labute approximate surface area is 183 Å². The van der Waals surface area contributed by atoms with Crippen LogP contribution in [-0.4, -0.2) is 93.5 Å². The van der Waals surface area contributed by atoms with Gasteiger partial charge in [0.1, 0.15) is 5.70 Å². The number of aliphatic carboxylic acids is 1. The van der Waals surface area contributed by atoms with E-state index in [2.05, 4.69) is 16.7 Å². The predicted molar refractivity (Wildman–Crippen MR) is 117 cm³/mol. The topological polar surface area (TPSA) is 84.3 Å². The highest BCUT2D eigenvalue weighted by atomic mass is 32.2. The summed E-state index contributed by atoms with van der Waals surface area (Å²) in [6.07, 6.45) is 2.79. The molecule has 7 nitrogen and oxygen atoms in total. The second-order valence-corrected chi connectivity index (χ2v) is 10.9. The number of carboxylic acid groups (broad SMARTS) is 1. The second kappa shape index (κ2) is 8.81. The lowest BCUT2D eigenvalue weighted by molar-refractivity contribution is -0.163. The van der Waals surface area contributed by atoms with Crippen LogP contribution in [0.5, 0.6) is 0 Å². The molecule has 6 atom stereocenters. The summed E-state index contributed by atoms with van der Waals surface area (Å²) in [5.41, 5.74) is 0.156. The smallest absolute Gasteiger partial charge is 0.353 e. The van der Waals surface area contributed by atoms with Gasteiger partial charge in [0.05, 0.1) is 18.1 Å². The van der Waals surface area contributed by atoms with E-state index in [4.69, 9.17) is 0 Å². The first-order valence-electron chi connectivity index (χ1n) is 11.4. The van der Waals surface area contributed by atoms with Crippen molar-refractivity contribution in [2.45, 2.75) is 57.4 Å². The number of carbonyl (C=O) groups is 2. The lowest BCUT2D eigenvalue weighted by Crippen LogP contribution is -2.63. The first kappa shape index (κ1) is 22.1. The van der Waals surface area contributed by atoms with E-state index >= 15 is 0 Å². The zero-order valence-electron chi connectivity index (χ0n) is 18.3. The first-order valence-corrected chi connectivity index (χ1v) is 12.3. The summed E-state index contributed by atoms with van der Waals surface area (Å²) in [5, 5.41) is 20.2. The molecule has 3 saturated heterocycles. The van der Waals surface area contributed by atoms with Crippen molar-refractivity contribution in [3.05, 3.63) is 10.6 Å². The van der Waals surface area contributed by atoms with E-state index in [0.717, 1.165) is 36.9 Å². The van der Waals surface area contributed by atoms with Crippen molar-refractivity contribution in [3.8, 4) is 0 Å². The average Bonchev–Trinajstić information content (AvgIpc) is 3.35. The molecule has 0 unspecified atom stereocenters. The van der Waals surface area contributed by atoms with Gasteiger partial charge in [0, 0.05) is 35.7 Å². The van der Waals surface area contributed by atoms with Gasteiger partial charge in [0.15, 0.2) is 0 Å². The van der Waals surface area contributed by atoms with Gasteiger partial charge in [-0.25, -0.2) is 4.79 Å². The van der Waals surface area contributed by atoms with Gasteiger partial charge in [-0.3, -0.25) is 4.79 Å². The molecule has 0 aromatic rings. The summed E-state index contributed by atoms with van der Waals surface area (Å²) in [6.45, 7) is 12.7. The minimum atomic E-state index is -1.03. The first-order chi connectivity index (χ1) is 14.3. The van der Waals surface area contributed by atoms with E-state index in [0.29, 0.717) is 5.25 Å². The highest BCUT2D eigenvalue weighted by Crippen LogP contribution is 2.51. The molecule has 4 rings (SSSR count). The summed E-state index contributed by atoms with van der Waals surface area (Å²) < 4.78 is 0. The highest BCUT2D eigenvalue weighted by Gasteiger charge is 2.60. The zero-order chi connectivity index (χ0) is 21.6. The third-order valence-electron chi connectivity index (χ3n) is 7.26. The number of carboxylic acids is 1. The molecule has 30 heavy (non-hydrogen) atoms. The maximum Gasteiger partial charge on any atom is 0.353 e. The van der Waals surface area contributed by atoms with Crippen molar-refractivity contribution in [2.24, 2.45) is 17.8 Å². The van der Waals surface area contributed by atoms with Crippen molar-refractivity contribution in [1.29, 1.82) is 0 Å². The fourth-order valence-electron chi connectivity index (χ4n) is 5.86. The Kier molecular flexibility index (Phi) is 6.49. The van der Waals surface area contributed by atoms with Crippen LogP contribution in [0.25, 0.3) is 0 Å². The maximum absolute atomic E-state index is 12.5. The maximum atomic E-state index is 12.5. The van der Waals surface area contributed by atoms with Gasteiger partial charge >= 0.3 is 5.97 Å². The van der Waals surface area contributed by atoms with Gasteiger partial charge in [0.25, 0.3) is 0 Å². The van der Waals surface area contributed by atoms with Crippen LogP contribution in [0.3, 0.4) is 0 Å². The number of aliphatic hydroxyl groups is 1. The molecule has 2 N–H and O–H groups in total. The van der Waals surface area contributed by atoms with E-state index in [-0.39, 0.29) is 23.6 Å². The van der Waals surface area contributed by atoms with Crippen LogP contribution in [0.1, 0.15) is 40.0 Å². The van der Waals surface area contributed by atoms with Crippen molar-refractivity contribution in [3.63, 3.8) is 0 Å². The molecule has 0 spiro atoms. The Hall–Kier alpha value is -1.09. The predicted octanol–water partition coefficient (Wildman–Crippen LogP) is 1.68. The molecule has 0 bridgehead atoms. The van der Waals surface area contributed by atoms with Crippen LogP contribution >= 0.6 is 11.8 Å². The van der Waals surface area contributed by atoms with Gasteiger partial charge in [-0.1, -0.05) is 13.8 Å². The second-order valence-electron chi connectivity index (χ2n) is 9.52. The summed E-state index contributed by atoms with van der Waals surface area (Å²) >= 11 is 1.66. The molecule has 4 heterocycles. The number of nitrogens with zero attached hydrogens (tertiary/aromatic N) is 3. The molecule has 0 aliphatic carbocycles. The SMILES string of the molecule is CCCN1CC[C@@H](CN2CC[C@@H](SC3=C(C(=O)O)N4C(=O)[C@H]([C@@H](C)O)[C@H]4[C@H]3C)C2)C1. The molecular weight excluding hydrogens is 402 g/mol. The van der Waals surface area contributed by atoms with Gasteiger partial charge in [-0.2, -0.15) is 0 Å². The lowest BCUT2D eigenvalue weighted by atomic mass is 9.79. The number of thioether (sulfide) groups is 1. The summed E-state index contributed by atoms with van der Waals surface area (Å²) in [7, 11) is 0. The molecule has 0 saturated carbocycles. The fraction of sp³-hybridized carbons (Fsp3) is 0.818. The Bertz CT molecular complexity index is 727. The number of β-lactam (4-membered cyclic amide) rings is 1. The van der Waals surface area contributed by atoms with Crippen LogP contribution in [0.4, 0.5) is 0 Å². The standard InChI is InChI=1S/C22H35N3O4S/c1-4-7-23-8-5-15(10-23)11-24-9-6-16(12-24)30-20-13(2)18-17(14(3)26)21(27)25(18)19(20)22(28)29/h13-18,26H,4-12H2,1-3H3,(H,28,29)/t13-,14-,15-,16-,17-,18-/m1/s1. The minimum absolute atomic E-state index is 0.0371. The minimum Gasteiger partial charge on any atom is -0.477 e. The number of aliphatic hydroxyl groups excluding tert-OH is 1. The quantitative estimate of drug-likeness (QED) is 0.559. The Balaban J connectivity index is 1.37. The molecule has 4 aliphatic rings. The number of amides is 1. The van der Waals surface area contributed by atoms with E-state index in [1.54, 1.807) is 18.7 Å². The Morgan fingerprint density at radius 1 is 1.23 bits per heavy atom. The summed E-state index contributed by atoms with van der Waals surface area (Å²) in [5.74, 6) is -1.06. The number of hydrogen-bond acceptors (Lipinski definition) is 6. The fourth-order valence-corrected chi connectivity index (χ4v) is 7.38. The van der Waals surface area contributed by atoms with Gasteiger partial charge < -0.3 is 24.9 Å². The van der Waals surface area contributed by atoms with Gasteiger partial charge in [-0.05, 0) is 51.7 Å². The average molecular weight is 438 g/mol. The Morgan fingerprint density at radius 2 is 1.97 bits per heavy atom. The van der Waals surface area contributed by atoms with E-state index in [1.807, 2.05) is 6.92 Å². The highest BCUT2D eigenvalue weighted by molar-refractivity contribution is 8.03. The van der Waals surface area contributed by atoms with Crippen LogP contribution in [0, 0.1) is 17.8 Å². The number of carbonyl (C=O) groups excluding carboxylic acids is 1. The van der Waals surface area contributed by atoms with Crippen molar-refractivity contribution >= 4 is 23.6 Å². The van der Waals surface area contributed by atoms with Gasteiger partial charge in [-0.15, -0.1) is 11.8 Å². The third-order valence-corrected chi connectivity index (χ3v) is 8.80.